The van der Waals surface area contributed by atoms with E-state index in [-0.39, 0.29) is 11.6 Å². The van der Waals surface area contributed by atoms with E-state index in [1.54, 1.807) is 36.4 Å². The average Bonchev–Trinajstić information content (AvgIpc) is 2.48. The number of sulfonamides is 1. The van der Waals surface area contributed by atoms with E-state index < -0.39 is 10.0 Å². The molecule has 0 unspecified atom stereocenters. The summed E-state index contributed by atoms with van der Waals surface area (Å²) in [5.74, 6) is -0.168. The van der Waals surface area contributed by atoms with Gasteiger partial charge in [0, 0.05) is 24.3 Å². The topological polar surface area (TPSA) is 67.4 Å². The number of anilines is 1. The van der Waals surface area contributed by atoms with Crippen molar-refractivity contribution in [2.75, 3.05) is 18.1 Å². The lowest BCUT2D eigenvalue weighted by molar-refractivity contribution is 0.383. The molecule has 0 saturated carbocycles. The molecule has 2 aromatic rings. The Hall–Kier alpha value is -2.12. The Bertz CT molecular complexity index is 779. The van der Waals surface area contributed by atoms with Crippen molar-refractivity contribution in [2.45, 2.75) is 13.1 Å². The summed E-state index contributed by atoms with van der Waals surface area (Å²) < 4.78 is 43.8. The van der Waals surface area contributed by atoms with Gasteiger partial charge in [-0.2, -0.15) is 0 Å². The summed E-state index contributed by atoms with van der Waals surface area (Å²) in [4.78, 5) is 0. The van der Waals surface area contributed by atoms with Gasteiger partial charge >= 0.3 is 0 Å². The highest BCUT2D eigenvalue weighted by Crippen LogP contribution is 2.20. The minimum Gasteiger partial charge on any atom is -0.494 e. The SMILES string of the molecule is COc1cccc(CNCc2cccc(NS(C)(=O)=O)c2)c1F. The summed E-state index contributed by atoms with van der Waals surface area (Å²) in [5, 5.41) is 3.13. The maximum absolute atomic E-state index is 14.0. The summed E-state index contributed by atoms with van der Waals surface area (Å²) in [6, 6.07) is 12.0. The lowest BCUT2D eigenvalue weighted by atomic mass is 10.1. The molecule has 0 aliphatic heterocycles. The van der Waals surface area contributed by atoms with E-state index in [2.05, 4.69) is 10.0 Å². The first-order valence-electron chi connectivity index (χ1n) is 6.98. The highest BCUT2D eigenvalue weighted by atomic mass is 32.2. The molecular formula is C16H19FN2O3S. The maximum Gasteiger partial charge on any atom is 0.229 e. The summed E-state index contributed by atoms with van der Waals surface area (Å²) in [7, 11) is -1.88. The lowest BCUT2D eigenvalue weighted by Gasteiger charge is -2.10. The molecule has 124 valence electrons. The quantitative estimate of drug-likeness (QED) is 0.814. The van der Waals surface area contributed by atoms with Crippen molar-refractivity contribution < 1.29 is 17.5 Å². The fraction of sp³-hybridized carbons (Fsp3) is 0.250. The van der Waals surface area contributed by atoms with Gasteiger partial charge in [-0.05, 0) is 23.8 Å². The van der Waals surface area contributed by atoms with Crippen LogP contribution in [0.5, 0.6) is 5.75 Å². The van der Waals surface area contributed by atoms with Crippen LogP contribution in [-0.4, -0.2) is 21.8 Å². The molecule has 0 fully saturated rings. The van der Waals surface area contributed by atoms with Gasteiger partial charge in [-0.15, -0.1) is 0 Å². The highest BCUT2D eigenvalue weighted by molar-refractivity contribution is 7.92. The van der Waals surface area contributed by atoms with Gasteiger partial charge in [0.1, 0.15) is 0 Å². The third-order valence-corrected chi connectivity index (χ3v) is 3.74. The molecule has 7 heteroatoms. The van der Waals surface area contributed by atoms with Crippen molar-refractivity contribution in [3.63, 3.8) is 0 Å². The first-order chi connectivity index (χ1) is 10.9. The first-order valence-corrected chi connectivity index (χ1v) is 8.87. The van der Waals surface area contributed by atoms with Gasteiger partial charge in [0.25, 0.3) is 0 Å². The van der Waals surface area contributed by atoms with Crippen LogP contribution in [0.2, 0.25) is 0 Å². The smallest absolute Gasteiger partial charge is 0.229 e. The Morgan fingerprint density at radius 2 is 1.87 bits per heavy atom. The Kier molecular flexibility index (Phi) is 5.57. The number of rotatable bonds is 7. The summed E-state index contributed by atoms with van der Waals surface area (Å²) >= 11 is 0. The zero-order valence-electron chi connectivity index (χ0n) is 13.0. The molecule has 0 aromatic heterocycles. The summed E-state index contributed by atoms with van der Waals surface area (Å²) in [6.07, 6.45) is 1.10. The Morgan fingerprint density at radius 1 is 1.13 bits per heavy atom. The van der Waals surface area contributed by atoms with Gasteiger partial charge in [0.15, 0.2) is 11.6 Å². The molecule has 0 aliphatic carbocycles. The van der Waals surface area contributed by atoms with Crippen molar-refractivity contribution in [1.29, 1.82) is 0 Å². The molecule has 2 aromatic carbocycles. The van der Waals surface area contributed by atoms with Crippen LogP contribution in [0, 0.1) is 5.82 Å². The van der Waals surface area contributed by atoms with E-state index in [4.69, 9.17) is 4.74 Å². The van der Waals surface area contributed by atoms with Gasteiger partial charge in [-0.3, -0.25) is 4.72 Å². The fourth-order valence-electron chi connectivity index (χ4n) is 2.15. The third-order valence-electron chi connectivity index (χ3n) is 3.14. The van der Waals surface area contributed by atoms with Crippen molar-refractivity contribution in [3.8, 4) is 5.75 Å². The molecular weight excluding hydrogens is 319 g/mol. The molecule has 0 aliphatic rings. The molecule has 23 heavy (non-hydrogen) atoms. The number of hydrogen-bond acceptors (Lipinski definition) is 4. The molecule has 0 spiro atoms. The van der Waals surface area contributed by atoms with E-state index in [0.29, 0.717) is 24.3 Å². The number of nitrogens with one attached hydrogen (secondary N) is 2. The molecule has 0 saturated heterocycles. The second kappa shape index (κ2) is 7.43. The van der Waals surface area contributed by atoms with Gasteiger partial charge in [0.2, 0.25) is 10.0 Å². The molecule has 2 N–H and O–H groups in total. The number of ether oxygens (including phenoxy) is 1. The third kappa shape index (κ3) is 5.22. The predicted molar refractivity (Wildman–Crippen MR) is 88.4 cm³/mol. The van der Waals surface area contributed by atoms with Crippen molar-refractivity contribution in [1.82, 2.24) is 5.32 Å². The van der Waals surface area contributed by atoms with E-state index in [1.165, 1.54) is 7.11 Å². The summed E-state index contributed by atoms with van der Waals surface area (Å²) in [6.45, 7) is 0.822. The van der Waals surface area contributed by atoms with Gasteiger partial charge in [-0.1, -0.05) is 24.3 Å². The molecule has 0 amide bonds. The number of benzene rings is 2. The van der Waals surface area contributed by atoms with Crippen molar-refractivity contribution in [2.24, 2.45) is 0 Å². The van der Waals surface area contributed by atoms with E-state index >= 15 is 0 Å². The van der Waals surface area contributed by atoms with E-state index in [9.17, 15) is 12.8 Å². The first kappa shape index (κ1) is 17.2. The number of halogens is 1. The van der Waals surface area contributed by atoms with Crippen LogP contribution in [-0.2, 0) is 23.1 Å². The molecule has 0 bridgehead atoms. The van der Waals surface area contributed by atoms with Gasteiger partial charge < -0.3 is 10.1 Å². The monoisotopic (exact) mass is 338 g/mol. The average molecular weight is 338 g/mol. The molecule has 2 rings (SSSR count). The van der Waals surface area contributed by atoms with Crippen LogP contribution in [0.1, 0.15) is 11.1 Å². The molecule has 5 nitrogen and oxygen atoms in total. The van der Waals surface area contributed by atoms with Crippen LogP contribution in [0.25, 0.3) is 0 Å². The second-order valence-corrected chi connectivity index (χ2v) is 6.86. The number of hydrogen-bond donors (Lipinski definition) is 2. The van der Waals surface area contributed by atoms with Crippen LogP contribution < -0.4 is 14.8 Å². The molecule has 0 radical (unpaired) electrons. The van der Waals surface area contributed by atoms with Crippen LogP contribution in [0.3, 0.4) is 0 Å². The number of methoxy groups -OCH3 is 1. The minimum absolute atomic E-state index is 0.212. The van der Waals surface area contributed by atoms with E-state index in [0.717, 1.165) is 11.8 Å². The largest absolute Gasteiger partial charge is 0.494 e. The minimum atomic E-state index is -3.30. The standard InChI is InChI=1S/C16H19FN2O3S/c1-22-15-8-4-6-13(16(15)17)11-18-10-12-5-3-7-14(9-12)19-23(2,20)21/h3-9,18-19H,10-11H2,1-2H3. The van der Waals surface area contributed by atoms with Crippen molar-refractivity contribution >= 4 is 15.7 Å². The molecule has 0 heterocycles. The van der Waals surface area contributed by atoms with E-state index in [1.807, 2.05) is 6.07 Å². The Balaban J connectivity index is 1.98. The zero-order valence-corrected chi connectivity index (χ0v) is 13.8. The fourth-order valence-corrected chi connectivity index (χ4v) is 2.71. The van der Waals surface area contributed by atoms with Gasteiger partial charge in [-0.25, -0.2) is 12.8 Å². The van der Waals surface area contributed by atoms with Crippen LogP contribution in [0.15, 0.2) is 42.5 Å². The van der Waals surface area contributed by atoms with Crippen LogP contribution >= 0.6 is 0 Å². The van der Waals surface area contributed by atoms with Crippen molar-refractivity contribution in [3.05, 3.63) is 59.4 Å². The highest BCUT2D eigenvalue weighted by Gasteiger charge is 2.08. The maximum atomic E-state index is 14.0. The Labute approximate surface area is 135 Å². The van der Waals surface area contributed by atoms with Gasteiger partial charge in [0.05, 0.1) is 13.4 Å². The van der Waals surface area contributed by atoms with Crippen LogP contribution in [0.4, 0.5) is 10.1 Å². The summed E-state index contributed by atoms with van der Waals surface area (Å²) in [5.41, 5.74) is 1.90. The lowest BCUT2D eigenvalue weighted by Crippen LogP contribution is -2.14. The normalized spacial score (nSPS) is 11.3. The zero-order chi connectivity index (χ0) is 16.9. The molecule has 0 atom stereocenters. The second-order valence-electron chi connectivity index (χ2n) is 5.11. The predicted octanol–water partition coefficient (Wildman–Crippen LogP) is 2.50. The Morgan fingerprint density at radius 3 is 2.57 bits per heavy atom.